The molecule has 1 aliphatic rings. The summed E-state index contributed by atoms with van der Waals surface area (Å²) < 4.78 is 8.07. The topological polar surface area (TPSA) is 60.2 Å². The van der Waals surface area contributed by atoms with Gasteiger partial charge in [-0.1, -0.05) is 38.4 Å². The number of fused-ring (bicyclic) bond motifs is 1. The van der Waals surface area contributed by atoms with Gasteiger partial charge >= 0.3 is 0 Å². The number of aromatic nitrogens is 1. The SMILES string of the molecule is CC.C[C@@H]1CO[C@H](c2sc3c(NCc4cccs4)cc(Cl)nc3c2Br)C(N)C1. The number of rotatable bonds is 4. The first-order valence-corrected chi connectivity index (χ1v) is 12.3. The van der Waals surface area contributed by atoms with Gasteiger partial charge in [0.05, 0.1) is 31.9 Å². The summed E-state index contributed by atoms with van der Waals surface area (Å²) in [4.78, 5) is 6.89. The van der Waals surface area contributed by atoms with Crippen molar-refractivity contribution in [3.05, 3.63) is 43.0 Å². The zero-order valence-electron chi connectivity index (χ0n) is 16.2. The molecule has 4 rings (SSSR count). The fourth-order valence-electron chi connectivity index (χ4n) is 3.25. The van der Waals surface area contributed by atoms with Crippen LogP contribution in [0.4, 0.5) is 5.69 Å². The smallest absolute Gasteiger partial charge is 0.131 e. The summed E-state index contributed by atoms with van der Waals surface area (Å²) in [6.45, 7) is 7.66. The van der Waals surface area contributed by atoms with Gasteiger partial charge in [-0.3, -0.25) is 0 Å². The Labute approximate surface area is 187 Å². The maximum atomic E-state index is 6.38. The predicted octanol–water partition coefficient (Wildman–Crippen LogP) is 6.84. The van der Waals surface area contributed by atoms with E-state index in [2.05, 4.69) is 50.7 Å². The number of hydrogen-bond donors (Lipinski definition) is 2. The Hall–Kier alpha value is -0.700. The third-order valence-corrected chi connectivity index (χ3v) is 7.90. The van der Waals surface area contributed by atoms with E-state index in [0.29, 0.717) is 11.1 Å². The number of pyridine rings is 1. The molecule has 0 amide bonds. The minimum absolute atomic E-state index is 0.0129. The quantitative estimate of drug-likeness (QED) is 0.384. The second-order valence-electron chi connectivity index (χ2n) is 6.64. The van der Waals surface area contributed by atoms with Crippen LogP contribution in [0.3, 0.4) is 0 Å². The van der Waals surface area contributed by atoms with Gasteiger partial charge in [-0.25, -0.2) is 4.98 Å². The number of nitrogens with zero attached hydrogens (tertiary/aromatic N) is 1. The largest absolute Gasteiger partial charge is 0.379 e. The number of nitrogens with two attached hydrogens (primary N) is 1. The molecular weight excluding hydrogens is 478 g/mol. The molecule has 3 N–H and O–H groups in total. The molecule has 152 valence electrons. The number of anilines is 1. The van der Waals surface area contributed by atoms with Gasteiger partial charge in [0, 0.05) is 23.5 Å². The summed E-state index contributed by atoms with van der Waals surface area (Å²) in [7, 11) is 0. The first kappa shape index (κ1) is 22.0. The number of halogens is 2. The van der Waals surface area contributed by atoms with Crippen molar-refractivity contribution in [3.63, 3.8) is 0 Å². The predicted molar refractivity (Wildman–Crippen MR) is 126 cm³/mol. The fourth-order valence-corrected chi connectivity index (χ4v) is 6.23. The van der Waals surface area contributed by atoms with Crippen LogP contribution in [0.5, 0.6) is 0 Å². The average Bonchev–Trinajstić information content (AvgIpc) is 3.31. The highest BCUT2D eigenvalue weighted by Crippen LogP contribution is 2.45. The highest BCUT2D eigenvalue weighted by Gasteiger charge is 2.32. The van der Waals surface area contributed by atoms with Crippen molar-refractivity contribution in [2.45, 2.75) is 45.9 Å². The number of thiophene rings is 2. The zero-order chi connectivity index (χ0) is 20.3. The number of hydrogen-bond acceptors (Lipinski definition) is 6. The Bertz CT molecular complexity index is 916. The maximum absolute atomic E-state index is 6.38. The van der Waals surface area contributed by atoms with Crippen molar-refractivity contribution in [3.8, 4) is 0 Å². The van der Waals surface area contributed by atoms with E-state index < -0.39 is 0 Å². The lowest BCUT2D eigenvalue weighted by atomic mass is 9.95. The van der Waals surface area contributed by atoms with Gasteiger partial charge in [-0.05, 0) is 39.7 Å². The van der Waals surface area contributed by atoms with Gasteiger partial charge in [0.1, 0.15) is 11.3 Å². The average molecular weight is 503 g/mol. The Morgan fingerprint density at radius 2 is 2.21 bits per heavy atom. The van der Waals surface area contributed by atoms with Crippen LogP contribution in [0.15, 0.2) is 28.1 Å². The van der Waals surface area contributed by atoms with Crippen LogP contribution in [0.2, 0.25) is 5.15 Å². The first-order valence-electron chi connectivity index (χ1n) is 9.44. The molecule has 0 spiro atoms. The standard InChI is InChI=1S/C18H19BrClN3OS2.C2H6/c1-9-5-11(21)16(24-8-9)18-14(19)15-17(26-18)12(6-13(20)23-15)22-7-10-3-2-4-25-10;1-2/h2-4,6,9,11,16H,5,7-8,21H2,1H3,(H,22,23);1-2H3/t9-,11?,16-;/m0./s1. The lowest BCUT2D eigenvalue weighted by Gasteiger charge is -2.32. The molecule has 4 nitrogen and oxygen atoms in total. The minimum atomic E-state index is -0.108. The van der Waals surface area contributed by atoms with E-state index in [1.54, 1.807) is 22.7 Å². The molecule has 0 saturated carbocycles. The van der Waals surface area contributed by atoms with E-state index in [1.807, 2.05) is 19.9 Å². The first-order chi connectivity index (χ1) is 13.5. The van der Waals surface area contributed by atoms with Crippen molar-refractivity contribution in [2.75, 3.05) is 11.9 Å². The van der Waals surface area contributed by atoms with Crippen molar-refractivity contribution >= 4 is 66.1 Å². The van der Waals surface area contributed by atoms with E-state index >= 15 is 0 Å². The lowest BCUT2D eigenvalue weighted by molar-refractivity contribution is -0.0249. The number of ether oxygens (including phenoxy) is 1. The van der Waals surface area contributed by atoms with Crippen LogP contribution in [0.25, 0.3) is 10.2 Å². The van der Waals surface area contributed by atoms with E-state index in [-0.39, 0.29) is 12.1 Å². The van der Waals surface area contributed by atoms with Crippen molar-refractivity contribution in [1.82, 2.24) is 4.98 Å². The van der Waals surface area contributed by atoms with Crippen molar-refractivity contribution < 1.29 is 4.74 Å². The van der Waals surface area contributed by atoms with Gasteiger partial charge in [-0.2, -0.15) is 0 Å². The summed E-state index contributed by atoms with van der Waals surface area (Å²) in [6, 6.07) is 6.04. The highest BCUT2D eigenvalue weighted by atomic mass is 79.9. The molecule has 28 heavy (non-hydrogen) atoms. The summed E-state index contributed by atoms with van der Waals surface area (Å²) in [6.07, 6.45) is 0.854. The maximum Gasteiger partial charge on any atom is 0.131 e. The molecule has 8 heteroatoms. The molecule has 0 bridgehead atoms. The molecule has 3 atom stereocenters. The summed E-state index contributed by atoms with van der Waals surface area (Å²) in [5, 5.41) is 6.05. The molecule has 1 unspecified atom stereocenters. The van der Waals surface area contributed by atoms with E-state index in [9.17, 15) is 0 Å². The minimum Gasteiger partial charge on any atom is -0.379 e. The molecular formula is C20H25BrClN3OS2. The Balaban J connectivity index is 0.00000109. The molecule has 0 radical (unpaired) electrons. The van der Waals surface area contributed by atoms with Crippen LogP contribution >= 0.6 is 50.2 Å². The fraction of sp³-hybridized carbons (Fsp3) is 0.450. The summed E-state index contributed by atoms with van der Waals surface area (Å²) in [5.74, 6) is 0.491. The van der Waals surface area contributed by atoms with Gasteiger partial charge in [0.25, 0.3) is 0 Å². The van der Waals surface area contributed by atoms with Crippen LogP contribution in [0.1, 0.15) is 43.1 Å². The van der Waals surface area contributed by atoms with Gasteiger partial charge in [0.2, 0.25) is 0 Å². The normalized spacial score (nSPS) is 22.0. The Morgan fingerprint density at radius 1 is 1.43 bits per heavy atom. The molecule has 3 aromatic heterocycles. The monoisotopic (exact) mass is 501 g/mol. The molecule has 3 aromatic rings. The van der Waals surface area contributed by atoms with Gasteiger partial charge < -0.3 is 15.8 Å². The van der Waals surface area contributed by atoms with E-state index in [1.165, 1.54) is 4.88 Å². The molecule has 4 heterocycles. The third kappa shape index (κ3) is 4.71. The molecule has 0 aliphatic carbocycles. The number of nitrogens with one attached hydrogen (secondary N) is 1. The molecule has 1 saturated heterocycles. The zero-order valence-corrected chi connectivity index (χ0v) is 20.1. The van der Waals surface area contributed by atoms with Crippen LogP contribution in [-0.2, 0) is 11.3 Å². The van der Waals surface area contributed by atoms with Crippen LogP contribution < -0.4 is 11.1 Å². The van der Waals surface area contributed by atoms with E-state index in [4.69, 9.17) is 22.1 Å². The molecule has 1 fully saturated rings. The Kier molecular flexibility index (Phi) is 7.75. The molecule has 1 aliphatic heterocycles. The lowest BCUT2D eigenvalue weighted by Crippen LogP contribution is -2.37. The van der Waals surface area contributed by atoms with Crippen LogP contribution in [0, 0.1) is 5.92 Å². The second kappa shape index (κ2) is 9.87. The third-order valence-electron chi connectivity index (χ3n) is 4.49. The van der Waals surface area contributed by atoms with Crippen molar-refractivity contribution in [1.29, 1.82) is 0 Å². The molecule has 0 aromatic carbocycles. The van der Waals surface area contributed by atoms with E-state index in [0.717, 1.165) is 44.8 Å². The second-order valence-corrected chi connectivity index (χ2v) is 9.91. The summed E-state index contributed by atoms with van der Waals surface area (Å²) in [5.41, 5.74) is 8.23. The van der Waals surface area contributed by atoms with Gasteiger partial charge in [0.15, 0.2) is 0 Å². The summed E-state index contributed by atoms with van der Waals surface area (Å²) >= 11 is 13.4. The Morgan fingerprint density at radius 3 is 2.89 bits per heavy atom. The highest BCUT2D eigenvalue weighted by molar-refractivity contribution is 9.10. The van der Waals surface area contributed by atoms with Gasteiger partial charge in [-0.15, -0.1) is 22.7 Å². The van der Waals surface area contributed by atoms with Crippen LogP contribution in [-0.4, -0.2) is 17.6 Å². The van der Waals surface area contributed by atoms with Crippen molar-refractivity contribution in [2.24, 2.45) is 11.7 Å².